The molecule has 0 spiro atoms. The molecular formula is C15H15N3O3. The Labute approximate surface area is 121 Å². The summed E-state index contributed by atoms with van der Waals surface area (Å²) in [6, 6.07) is 11.5. The lowest BCUT2D eigenvalue weighted by Gasteiger charge is -2.10. The number of carbonyl (C=O) groups excluding carboxylic acids is 1. The van der Waals surface area contributed by atoms with Gasteiger partial charge in [0.1, 0.15) is 0 Å². The molecule has 1 amide bonds. The zero-order valence-electron chi connectivity index (χ0n) is 11.5. The van der Waals surface area contributed by atoms with Gasteiger partial charge in [-0.2, -0.15) is 0 Å². The van der Waals surface area contributed by atoms with Gasteiger partial charge < -0.3 is 11.1 Å². The normalized spacial score (nSPS) is 10.1. The number of nitrogens with two attached hydrogens (primary N) is 1. The van der Waals surface area contributed by atoms with Gasteiger partial charge >= 0.3 is 0 Å². The lowest BCUT2D eigenvalue weighted by molar-refractivity contribution is -0.384. The minimum Gasteiger partial charge on any atom is -0.381 e. The van der Waals surface area contributed by atoms with E-state index in [2.05, 4.69) is 5.32 Å². The molecule has 0 aromatic heterocycles. The van der Waals surface area contributed by atoms with Gasteiger partial charge in [0, 0.05) is 29.9 Å². The molecule has 3 N–H and O–H groups in total. The van der Waals surface area contributed by atoms with E-state index in [9.17, 15) is 14.9 Å². The average Bonchev–Trinajstić information content (AvgIpc) is 2.46. The summed E-state index contributed by atoms with van der Waals surface area (Å²) in [5, 5.41) is 13.8. The van der Waals surface area contributed by atoms with Gasteiger partial charge in [-0.3, -0.25) is 14.9 Å². The van der Waals surface area contributed by atoms with E-state index in [4.69, 9.17) is 5.73 Å². The standard InChI is InChI=1S/C15H15N3O3/c1-10-8-12(15(16)19)4-7-14(10)17-9-11-2-5-13(6-3-11)18(20)21/h2-8,17H,9H2,1H3,(H2,16,19). The van der Waals surface area contributed by atoms with Crippen molar-refractivity contribution in [3.8, 4) is 0 Å². The number of aryl methyl sites for hydroxylation is 1. The molecule has 0 saturated heterocycles. The van der Waals surface area contributed by atoms with Crippen LogP contribution in [-0.2, 0) is 6.54 Å². The predicted octanol–water partition coefficient (Wildman–Crippen LogP) is 2.61. The van der Waals surface area contributed by atoms with Crippen molar-refractivity contribution in [2.24, 2.45) is 5.73 Å². The van der Waals surface area contributed by atoms with E-state index in [0.29, 0.717) is 12.1 Å². The first-order valence-electron chi connectivity index (χ1n) is 6.35. The maximum absolute atomic E-state index is 11.1. The third kappa shape index (κ3) is 3.56. The second-order valence-electron chi connectivity index (χ2n) is 4.67. The van der Waals surface area contributed by atoms with Gasteiger partial charge in [0.2, 0.25) is 5.91 Å². The van der Waals surface area contributed by atoms with Crippen LogP contribution in [-0.4, -0.2) is 10.8 Å². The summed E-state index contributed by atoms with van der Waals surface area (Å²) < 4.78 is 0. The van der Waals surface area contributed by atoms with Gasteiger partial charge in [0.25, 0.3) is 5.69 Å². The van der Waals surface area contributed by atoms with E-state index < -0.39 is 10.8 Å². The van der Waals surface area contributed by atoms with Crippen LogP contribution in [0.2, 0.25) is 0 Å². The first kappa shape index (κ1) is 14.5. The number of benzene rings is 2. The molecule has 0 fully saturated rings. The molecule has 0 saturated carbocycles. The number of rotatable bonds is 5. The average molecular weight is 285 g/mol. The zero-order chi connectivity index (χ0) is 15.4. The number of amides is 1. The van der Waals surface area contributed by atoms with E-state index in [1.807, 2.05) is 6.92 Å². The number of nitrogens with zero attached hydrogens (tertiary/aromatic N) is 1. The molecule has 0 atom stereocenters. The van der Waals surface area contributed by atoms with E-state index in [0.717, 1.165) is 16.8 Å². The smallest absolute Gasteiger partial charge is 0.269 e. The molecule has 2 aromatic carbocycles. The molecule has 21 heavy (non-hydrogen) atoms. The van der Waals surface area contributed by atoms with Gasteiger partial charge in [-0.05, 0) is 36.2 Å². The molecule has 0 heterocycles. The first-order chi connectivity index (χ1) is 9.97. The number of anilines is 1. The Bertz CT molecular complexity index is 681. The van der Waals surface area contributed by atoms with Crippen LogP contribution >= 0.6 is 0 Å². The molecule has 6 nitrogen and oxygen atoms in total. The lowest BCUT2D eigenvalue weighted by Crippen LogP contribution is -2.11. The maximum Gasteiger partial charge on any atom is 0.269 e. The van der Waals surface area contributed by atoms with Gasteiger partial charge in [-0.1, -0.05) is 12.1 Å². The highest BCUT2D eigenvalue weighted by atomic mass is 16.6. The third-order valence-electron chi connectivity index (χ3n) is 3.14. The topological polar surface area (TPSA) is 98.3 Å². The quantitative estimate of drug-likeness (QED) is 0.651. The van der Waals surface area contributed by atoms with Gasteiger partial charge in [0.15, 0.2) is 0 Å². The fourth-order valence-electron chi connectivity index (χ4n) is 1.95. The number of hydrogen-bond acceptors (Lipinski definition) is 4. The fourth-order valence-corrected chi connectivity index (χ4v) is 1.95. The number of primary amides is 1. The van der Waals surface area contributed by atoms with Crippen molar-refractivity contribution in [3.63, 3.8) is 0 Å². The van der Waals surface area contributed by atoms with Crippen LogP contribution in [0.5, 0.6) is 0 Å². The summed E-state index contributed by atoms with van der Waals surface area (Å²) in [6.45, 7) is 2.42. The molecule has 0 bridgehead atoms. The molecule has 0 radical (unpaired) electrons. The second-order valence-corrected chi connectivity index (χ2v) is 4.67. The Hall–Kier alpha value is -2.89. The minimum atomic E-state index is -0.458. The van der Waals surface area contributed by atoms with Crippen molar-refractivity contribution in [1.29, 1.82) is 0 Å². The molecule has 0 aliphatic carbocycles. The Morgan fingerprint density at radius 1 is 1.24 bits per heavy atom. The highest BCUT2D eigenvalue weighted by molar-refractivity contribution is 5.93. The Kier molecular flexibility index (Phi) is 4.18. The Morgan fingerprint density at radius 2 is 1.90 bits per heavy atom. The summed E-state index contributed by atoms with van der Waals surface area (Å²) in [5.74, 6) is -0.458. The summed E-state index contributed by atoms with van der Waals surface area (Å²) >= 11 is 0. The number of hydrogen-bond donors (Lipinski definition) is 2. The molecule has 0 aliphatic rings. The molecule has 0 unspecified atom stereocenters. The van der Waals surface area contributed by atoms with Crippen LogP contribution in [0.1, 0.15) is 21.5 Å². The highest BCUT2D eigenvalue weighted by Gasteiger charge is 2.06. The summed E-state index contributed by atoms with van der Waals surface area (Å²) in [7, 11) is 0. The van der Waals surface area contributed by atoms with Crippen LogP contribution in [0.3, 0.4) is 0 Å². The van der Waals surface area contributed by atoms with Crippen LogP contribution in [0.25, 0.3) is 0 Å². The van der Waals surface area contributed by atoms with Gasteiger partial charge in [-0.15, -0.1) is 0 Å². The van der Waals surface area contributed by atoms with Crippen LogP contribution < -0.4 is 11.1 Å². The Morgan fingerprint density at radius 3 is 2.43 bits per heavy atom. The van der Waals surface area contributed by atoms with Crippen LogP contribution in [0.15, 0.2) is 42.5 Å². The van der Waals surface area contributed by atoms with Crippen LogP contribution in [0, 0.1) is 17.0 Å². The van der Waals surface area contributed by atoms with E-state index in [-0.39, 0.29) is 5.69 Å². The van der Waals surface area contributed by atoms with E-state index >= 15 is 0 Å². The zero-order valence-corrected chi connectivity index (χ0v) is 11.5. The number of nitro groups is 1. The highest BCUT2D eigenvalue weighted by Crippen LogP contribution is 2.18. The summed E-state index contributed by atoms with van der Waals surface area (Å²) in [6.07, 6.45) is 0. The summed E-state index contributed by atoms with van der Waals surface area (Å²) in [5.41, 5.74) is 8.49. The molecule has 0 aliphatic heterocycles. The third-order valence-corrected chi connectivity index (χ3v) is 3.14. The van der Waals surface area contributed by atoms with Crippen molar-refractivity contribution in [1.82, 2.24) is 0 Å². The predicted molar refractivity (Wildman–Crippen MR) is 80.1 cm³/mol. The SMILES string of the molecule is Cc1cc(C(N)=O)ccc1NCc1ccc([N+](=O)[O-])cc1. The minimum absolute atomic E-state index is 0.0701. The lowest BCUT2D eigenvalue weighted by atomic mass is 10.1. The van der Waals surface area contributed by atoms with Crippen molar-refractivity contribution in [2.45, 2.75) is 13.5 Å². The van der Waals surface area contributed by atoms with Gasteiger partial charge in [-0.25, -0.2) is 0 Å². The van der Waals surface area contributed by atoms with E-state index in [1.165, 1.54) is 12.1 Å². The first-order valence-corrected chi connectivity index (χ1v) is 6.35. The fraction of sp³-hybridized carbons (Fsp3) is 0.133. The Balaban J connectivity index is 2.06. The molecular weight excluding hydrogens is 270 g/mol. The van der Waals surface area contributed by atoms with Crippen molar-refractivity contribution in [2.75, 3.05) is 5.32 Å². The van der Waals surface area contributed by atoms with Crippen LogP contribution in [0.4, 0.5) is 11.4 Å². The molecule has 2 aromatic rings. The van der Waals surface area contributed by atoms with Gasteiger partial charge in [0.05, 0.1) is 4.92 Å². The van der Waals surface area contributed by atoms with E-state index in [1.54, 1.807) is 30.3 Å². The number of nitrogens with one attached hydrogen (secondary N) is 1. The number of nitro benzene ring substituents is 1. The van der Waals surface area contributed by atoms with Crippen molar-refractivity contribution in [3.05, 3.63) is 69.3 Å². The molecule has 2 rings (SSSR count). The number of carbonyl (C=O) groups is 1. The monoisotopic (exact) mass is 285 g/mol. The molecule has 108 valence electrons. The maximum atomic E-state index is 11.1. The largest absolute Gasteiger partial charge is 0.381 e. The summed E-state index contributed by atoms with van der Waals surface area (Å²) in [4.78, 5) is 21.2. The number of non-ortho nitro benzene ring substituents is 1. The molecule has 6 heteroatoms. The van der Waals surface area contributed by atoms with Crippen molar-refractivity contribution < 1.29 is 9.72 Å². The van der Waals surface area contributed by atoms with Crippen molar-refractivity contribution >= 4 is 17.3 Å². The second kappa shape index (κ2) is 6.04.